The zero-order chi connectivity index (χ0) is 11.5. The van der Waals surface area contributed by atoms with E-state index in [1.54, 1.807) is 0 Å². The molecule has 1 atom stereocenters. The molecule has 0 aliphatic carbocycles. The second-order valence-electron chi connectivity index (χ2n) is 5.10. The van der Waals surface area contributed by atoms with Crippen molar-refractivity contribution in [3.05, 3.63) is 0 Å². The van der Waals surface area contributed by atoms with Gasteiger partial charge in [0, 0.05) is 6.04 Å². The monoisotopic (exact) mass is 226 g/mol. The van der Waals surface area contributed by atoms with E-state index in [9.17, 15) is 0 Å². The Kier molecular flexibility index (Phi) is 8.83. The normalized spacial score (nSPS) is 25.7. The number of rotatable bonds is 3. The van der Waals surface area contributed by atoms with Gasteiger partial charge in [-0.25, -0.2) is 0 Å². The number of piperidine rings is 2. The van der Waals surface area contributed by atoms with Gasteiger partial charge in [0.2, 0.25) is 0 Å². The largest absolute Gasteiger partial charge is 0.317 e. The molecular formula is C14H30N2. The first kappa shape index (κ1) is 14.0. The van der Waals surface area contributed by atoms with Crippen LogP contribution in [0.25, 0.3) is 0 Å². The second-order valence-corrected chi connectivity index (χ2v) is 5.10. The Balaban J connectivity index is 0.000000181. The molecule has 2 aliphatic rings. The van der Waals surface area contributed by atoms with Crippen LogP contribution >= 0.6 is 0 Å². The van der Waals surface area contributed by atoms with Gasteiger partial charge in [-0.05, 0) is 51.7 Å². The van der Waals surface area contributed by atoms with Crippen molar-refractivity contribution in [1.82, 2.24) is 10.6 Å². The summed E-state index contributed by atoms with van der Waals surface area (Å²) in [5.74, 6) is 0. The van der Waals surface area contributed by atoms with Crippen molar-refractivity contribution in [2.75, 3.05) is 19.6 Å². The molecule has 2 nitrogen and oxygen atoms in total. The highest BCUT2D eigenvalue weighted by atomic mass is 14.9. The molecule has 0 radical (unpaired) electrons. The lowest BCUT2D eigenvalue weighted by Gasteiger charge is -2.22. The minimum Gasteiger partial charge on any atom is -0.317 e. The minimum absolute atomic E-state index is 0.855. The Labute approximate surface area is 102 Å². The van der Waals surface area contributed by atoms with Crippen LogP contribution in [0.15, 0.2) is 0 Å². The van der Waals surface area contributed by atoms with E-state index in [0.29, 0.717) is 0 Å². The summed E-state index contributed by atoms with van der Waals surface area (Å²) in [5, 5.41) is 6.84. The topological polar surface area (TPSA) is 24.1 Å². The van der Waals surface area contributed by atoms with E-state index in [1.165, 1.54) is 77.4 Å². The van der Waals surface area contributed by atoms with Crippen molar-refractivity contribution in [2.24, 2.45) is 0 Å². The average molecular weight is 226 g/mol. The Morgan fingerprint density at radius 1 is 0.938 bits per heavy atom. The quantitative estimate of drug-likeness (QED) is 0.773. The number of unbranched alkanes of at least 4 members (excludes halogenated alkanes) is 1. The highest BCUT2D eigenvalue weighted by molar-refractivity contribution is 4.71. The van der Waals surface area contributed by atoms with E-state index in [0.717, 1.165) is 6.04 Å². The van der Waals surface area contributed by atoms with Gasteiger partial charge in [-0.2, -0.15) is 0 Å². The van der Waals surface area contributed by atoms with Crippen molar-refractivity contribution >= 4 is 0 Å². The molecule has 2 heteroatoms. The van der Waals surface area contributed by atoms with Gasteiger partial charge in [0.1, 0.15) is 0 Å². The predicted octanol–water partition coefficient (Wildman–Crippen LogP) is 3.08. The zero-order valence-electron chi connectivity index (χ0n) is 11.1. The van der Waals surface area contributed by atoms with E-state index in [2.05, 4.69) is 17.6 Å². The molecule has 16 heavy (non-hydrogen) atoms. The SMILES string of the molecule is C1CCNCC1.CCCCC1CCCCN1. The average Bonchev–Trinajstić information content (AvgIpc) is 2.40. The highest BCUT2D eigenvalue weighted by Crippen LogP contribution is 2.12. The predicted molar refractivity (Wildman–Crippen MR) is 71.9 cm³/mol. The molecule has 0 aromatic carbocycles. The van der Waals surface area contributed by atoms with Crippen LogP contribution < -0.4 is 10.6 Å². The molecule has 2 heterocycles. The van der Waals surface area contributed by atoms with Crippen LogP contribution in [0.2, 0.25) is 0 Å². The highest BCUT2D eigenvalue weighted by Gasteiger charge is 2.10. The Morgan fingerprint density at radius 2 is 1.69 bits per heavy atom. The summed E-state index contributed by atoms with van der Waals surface area (Å²) in [6.45, 7) is 6.03. The lowest BCUT2D eigenvalue weighted by Crippen LogP contribution is -2.33. The molecular weight excluding hydrogens is 196 g/mol. The molecule has 1 unspecified atom stereocenters. The molecule has 2 N–H and O–H groups in total. The first-order valence-corrected chi connectivity index (χ1v) is 7.37. The molecule has 96 valence electrons. The van der Waals surface area contributed by atoms with E-state index in [-0.39, 0.29) is 0 Å². The molecule has 0 saturated carbocycles. The maximum absolute atomic E-state index is 3.55. The Hall–Kier alpha value is -0.0800. The molecule has 2 saturated heterocycles. The van der Waals surface area contributed by atoms with Crippen LogP contribution in [0, 0.1) is 0 Å². The van der Waals surface area contributed by atoms with Crippen molar-refractivity contribution in [3.8, 4) is 0 Å². The van der Waals surface area contributed by atoms with Crippen LogP contribution in [-0.2, 0) is 0 Å². The van der Waals surface area contributed by atoms with Crippen molar-refractivity contribution in [1.29, 1.82) is 0 Å². The first-order chi connectivity index (χ1) is 7.93. The standard InChI is InChI=1S/C9H19N.C5H11N/c1-2-3-6-9-7-4-5-8-10-9;1-2-4-6-5-3-1/h9-10H,2-8H2,1H3;6H,1-5H2. The van der Waals surface area contributed by atoms with Gasteiger partial charge in [-0.3, -0.25) is 0 Å². The zero-order valence-corrected chi connectivity index (χ0v) is 11.1. The molecule has 2 aliphatic heterocycles. The van der Waals surface area contributed by atoms with E-state index < -0.39 is 0 Å². The third-order valence-electron chi connectivity index (χ3n) is 3.53. The first-order valence-electron chi connectivity index (χ1n) is 7.37. The summed E-state index contributed by atoms with van der Waals surface area (Å²) in [5.41, 5.74) is 0. The molecule has 0 aromatic rings. The van der Waals surface area contributed by atoms with Crippen LogP contribution in [-0.4, -0.2) is 25.7 Å². The third kappa shape index (κ3) is 7.24. The second kappa shape index (κ2) is 10.1. The number of hydrogen-bond acceptors (Lipinski definition) is 2. The molecule has 0 amide bonds. The lowest BCUT2D eigenvalue weighted by molar-refractivity contribution is 0.374. The third-order valence-corrected chi connectivity index (χ3v) is 3.53. The van der Waals surface area contributed by atoms with Gasteiger partial charge < -0.3 is 10.6 Å². The molecule has 0 aromatic heterocycles. The van der Waals surface area contributed by atoms with Crippen molar-refractivity contribution < 1.29 is 0 Å². The van der Waals surface area contributed by atoms with Gasteiger partial charge in [-0.15, -0.1) is 0 Å². The summed E-state index contributed by atoms with van der Waals surface area (Å²) in [6.07, 6.45) is 12.6. The van der Waals surface area contributed by atoms with E-state index >= 15 is 0 Å². The number of nitrogens with one attached hydrogen (secondary N) is 2. The summed E-state index contributed by atoms with van der Waals surface area (Å²) in [7, 11) is 0. The molecule has 2 fully saturated rings. The fraction of sp³-hybridized carbons (Fsp3) is 1.00. The molecule has 0 spiro atoms. The van der Waals surface area contributed by atoms with Crippen LogP contribution in [0.1, 0.15) is 64.7 Å². The lowest BCUT2D eigenvalue weighted by atomic mass is 10.0. The fourth-order valence-electron chi connectivity index (χ4n) is 2.42. The van der Waals surface area contributed by atoms with Crippen molar-refractivity contribution in [3.63, 3.8) is 0 Å². The maximum Gasteiger partial charge on any atom is 0.00670 e. The van der Waals surface area contributed by atoms with Gasteiger partial charge in [0.05, 0.1) is 0 Å². The summed E-state index contributed by atoms with van der Waals surface area (Å²) >= 11 is 0. The van der Waals surface area contributed by atoms with Gasteiger partial charge in [0.15, 0.2) is 0 Å². The molecule has 0 bridgehead atoms. The van der Waals surface area contributed by atoms with Crippen molar-refractivity contribution in [2.45, 2.75) is 70.8 Å². The van der Waals surface area contributed by atoms with Crippen LogP contribution in [0.5, 0.6) is 0 Å². The van der Waals surface area contributed by atoms with Gasteiger partial charge in [-0.1, -0.05) is 32.6 Å². The smallest absolute Gasteiger partial charge is 0.00670 e. The number of hydrogen-bond donors (Lipinski definition) is 2. The Bertz CT molecular complexity index is 126. The van der Waals surface area contributed by atoms with Crippen LogP contribution in [0.4, 0.5) is 0 Å². The van der Waals surface area contributed by atoms with E-state index in [4.69, 9.17) is 0 Å². The molecule has 2 rings (SSSR count). The van der Waals surface area contributed by atoms with Gasteiger partial charge in [0.25, 0.3) is 0 Å². The maximum atomic E-state index is 3.55. The van der Waals surface area contributed by atoms with Gasteiger partial charge >= 0.3 is 0 Å². The van der Waals surface area contributed by atoms with E-state index in [1.807, 2.05) is 0 Å². The summed E-state index contributed by atoms with van der Waals surface area (Å²) in [4.78, 5) is 0. The van der Waals surface area contributed by atoms with Crippen LogP contribution in [0.3, 0.4) is 0 Å². The summed E-state index contributed by atoms with van der Waals surface area (Å²) in [6, 6.07) is 0.855. The minimum atomic E-state index is 0.855. The Morgan fingerprint density at radius 3 is 2.12 bits per heavy atom. The summed E-state index contributed by atoms with van der Waals surface area (Å²) < 4.78 is 0. The fourth-order valence-corrected chi connectivity index (χ4v) is 2.42.